The first kappa shape index (κ1) is 13.0. The Hall–Kier alpha value is -2.05. The highest BCUT2D eigenvalue weighted by molar-refractivity contribution is 7.09. The fourth-order valence-electron chi connectivity index (χ4n) is 1.89. The highest BCUT2D eigenvalue weighted by Gasteiger charge is 2.09. The van der Waals surface area contributed by atoms with Crippen molar-refractivity contribution >= 4 is 11.3 Å². The maximum Gasteiger partial charge on any atom is 0.141 e. The molecule has 0 amide bonds. The number of benzene rings is 1. The van der Waals surface area contributed by atoms with E-state index < -0.39 is 0 Å². The van der Waals surface area contributed by atoms with Crippen molar-refractivity contribution in [1.82, 2.24) is 25.5 Å². The molecule has 2 N–H and O–H groups in total. The van der Waals surface area contributed by atoms with E-state index in [1.54, 1.807) is 11.3 Å². The molecule has 0 spiro atoms. The van der Waals surface area contributed by atoms with Crippen LogP contribution in [-0.4, -0.2) is 20.2 Å². The molecule has 0 aliphatic carbocycles. The molecule has 2 heterocycles. The Labute approximate surface area is 121 Å². The Balaban J connectivity index is 1.63. The number of thiazole rings is 1. The zero-order valence-electron chi connectivity index (χ0n) is 11.1. The molecular formula is C14H15N5S. The SMILES string of the molecule is CC(NCc1nc(-c2ccccc2)cs1)c1ncn[nH]1. The summed E-state index contributed by atoms with van der Waals surface area (Å²) in [4.78, 5) is 8.78. The van der Waals surface area contributed by atoms with Crippen molar-refractivity contribution in [3.63, 3.8) is 0 Å². The quantitative estimate of drug-likeness (QED) is 0.756. The van der Waals surface area contributed by atoms with E-state index in [0.717, 1.165) is 28.6 Å². The van der Waals surface area contributed by atoms with Crippen LogP contribution in [0.2, 0.25) is 0 Å². The molecule has 0 saturated carbocycles. The molecule has 102 valence electrons. The van der Waals surface area contributed by atoms with Gasteiger partial charge in [-0.1, -0.05) is 30.3 Å². The van der Waals surface area contributed by atoms with Crippen LogP contribution >= 0.6 is 11.3 Å². The van der Waals surface area contributed by atoms with Crippen molar-refractivity contribution < 1.29 is 0 Å². The summed E-state index contributed by atoms with van der Waals surface area (Å²) in [6.45, 7) is 2.77. The maximum atomic E-state index is 4.64. The van der Waals surface area contributed by atoms with E-state index in [-0.39, 0.29) is 6.04 Å². The number of nitrogens with zero attached hydrogens (tertiary/aromatic N) is 3. The van der Waals surface area contributed by atoms with Crippen LogP contribution in [0, 0.1) is 0 Å². The van der Waals surface area contributed by atoms with Crippen LogP contribution in [0.25, 0.3) is 11.3 Å². The van der Waals surface area contributed by atoms with E-state index in [9.17, 15) is 0 Å². The minimum absolute atomic E-state index is 0.126. The second-order valence-corrected chi connectivity index (χ2v) is 5.41. The molecular weight excluding hydrogens is 270 g/mol. The van der Waals surface area contributed by atoms with Gasteiger partial charge >= 0.3 is 0 Å². The van der Waals surface area contributed by atoms with E-state index in [0.29, 0.717) is 0 Å². The van der Waals surface area contributed by atoms with Crippen LogP contribution in [0.4, 0.5) is 0 Å². The largest absolute Gasteiger partial charge is 0.301 e. The van der Waals surface area contributed by atoms with Gasteiger partial charge in [0.2, 0.25) is 0 Å². The standard InChI is InChI=1S/C14H15N5S/c1-10(14-16-9-17-19-14)15-7-13-18-12(8-20-13)11-5-3-2-4-6-11/h2-6,8-10,15H,7H2,1H3,(H,16,17,19). The summed E-state index contributed by atoms with van der Waals surface area (Å²) in [5, 5.41) is 13.3. The topological polar surface area (TPSA) is 66.5 Å². The van der Waals surface area contributed by atoms with Crippen molar-refractivity contribution in [2.24, 2.45) is 0 Å². The van der Waals surface area contributed by atoms with Crippen LogP contribution < -0.4 is 5.32 Å². The summed E-state index contributed by atoms with van der Waals surface area (Å²) < 4.78 is 0. The molecule has 0 radical (unpaired) electrons. The minimum Gasteiger partial charge on any atom is -0.301 e. The molecule has 0 bridgehead atoms. The lowest BCUT2D eigenvalue weighted by atomic mass is 10.2. The van der Waals surface area contributed by atoms with Gasteiger partial charge in [0, 0.05) is 17.5 Å². The fourth-order valence-corrected chi connectivity index (χ4v) is 2.65. The molecule has 3 rings (SSSR count). The predicted octanol–water partition coefficient (Wildman–Crippen LogP) is 2.78. The molecule has 5 nitrogen and oxygen atoms in total. The van der Waals surface area contributed by atoms with Crippen molar-refractivity contribution in [3.8, 4) is 11.3 Å². The first-order chi connectivity index (χ1) is 9.83. The van der Waals surface area contributed by atoms with Gasteiger partial charge in [0.15, 0.2) is 0 Å². The third kappa shape index (κ3) is 2.92. The highest BCUT2D eigenvalue weighted by Crippen LogP contribution is 2.21. The Morgan fingerprint density at radius 3 is 2.90 bits per heavy atom. The summed E-state index contributed by atoms with van der Waals surface area (Å²) in [5.41, 5.74) is 2.18. The lowest BCUT2D eigenvalue weighted by Gasteiger charge is -2.08. The number of aromatic nitrogens is 4. The zero-order valence-corrected chi connectivity index (χ0v) is 11.9. The molecule has 1 aromatic carbocycles. The summed E-state index contributed by atoms with van der Waals surface area (Å²) in [7, 11) is 0. The van der Waals surface area contributed by atoms with Gasteiger partial charge in [-0.2, -0.15) is 5.10 Å². The van der Waals surface area contributed by atoms with E-state index >= 15 is 0 Å². The molecule has 0 saturated heterocycles. The molecule has 2 aromatic heterocycles. The van der Waals surface area contributed by atoms with Crippen molar-refractivity contribution in [2.45, 2.75) is 19.5 Å². The van der Waals surface area contributed by atoms with Gasteiger partial charge in [0.05, 0.1) is 11.7 Å². The third-order valence-corrected chi connectivity index (χ3v) is 3.87. The van der Waals surface area contributed by atoms with Crippen LogP contribution in [-0.2, 0) is 6.54 Å². The fraction of sp³-hybridized carbons (Fsp3) is 0.214. The number of rotatable bonds is 5. The van der Waals surface area contributed by atoms with Gasteiger partial charge in [-0.25, -0.2) is 9.97 Å². The molecule has 0 aliphatic rings. The predicted molar refractivity (Wildman–Crippen MR) is 79.2 cm³/mol. The maximum absolute atomic E-state index is 4.64. The van der Waals surface area contributed by atoms with Gasteiger partial charge < -0.3 is 5.32 Å². The van der Waals surface area contributed by atoms with Gasteiger partial charge in [-0.15, -0.1) is 11.3 Å². The second kappa shape index (κ2) is 5.94. The smallest absolute Gasteiger partial charge is 0.141 e. The van der Waals surface area contributed by atoms with Crippen molar-refractivity contribution in [1.29, 1.82) is 0 Å². The normalized spacial score (nSPS) is 12.4. The summed E-state index contributed by atoms with van der Waals surface area (Å²) >= 11 is 1.66. The number of hydrogen-bond acceptors (Lipinski definition) is 5. The molecule has 1 atom stereocenters. The van der Waals surface area contributed by atoms with Gasteiger partial charge in [-0.05, 0) is 6.92 Å². The van der Waals surface area contributed by atoms with Crippen molar-refractivity contribution in [3.05, 3.63) is 52.9 Å². The zero-order chi connectivity index (χ0) is 13.8. The van der Waals surface area contributed by atoms with E-state index in [4.69, 9.17) is 0 Å². The number of hydrogen-bond donors (Lipinski definition) is 2. The second-order valence-electron chi connectivity index (χ2n) is 4.47. The van der Waals surface area contributed by atoms with E-state index in [1.807, 2.05) is 25.1 Å². The van der Waals surface area contributed by atoms with Crippen molar-refractivity contribution in [2.75, 3.05) is 0 Å². The van der Waals surface area contributed by atoms with Gasteiger partial charge in [0.25, 0.3) is 0 Å². The minimum atomic E-state index is 0.126. The highest BCUT2D eigenvalue weighted by atomic mass is 32.1. The number of nitrogens with one attached hydrogen (secondary N) is 2. The summed E-state index contributed by atoms with van der Waals surface area (Å²) in [6, 6.07) is 10.3. The van der Waals surface area contributed by atoms with Crippen LogP contribution in [0.3, 0.4) is 0 Å². The molecule has 1 unspecified atom stereocenters. The van der Waals surface area contributed by atoms with E-state index in [1.165, 1.54) is 6.33 Å². The number of aromatic amines is 1. The third-order valence-electron chi connectivity index (χ3n) is 3.02. The first-order valence-corrected chi connectivity index (χ1v) is 7.29. The lowest BCUT2D eigenvalue weighted by Crippen LogP contribution is -2.19. The van der Waals surface area contributed by atoms with Gasteiger partial charge in [0.1, 0.15) is 17.2 Å². The number of H-pyrrole nitrogens is 1. The molecule has 3 aromatic rings. The molecule has 20 heavy (non-hydrogen) atoms. The monoisotopic (exact) mass is 285 g/mol. The Morgan fingerprint density at radius 1 is 1.30 bits per heavy atom. The lowest BCUT2D eigenvalue weighted by molar-refractivity contribution is 0.547. The van der Waals surface area contributed by atoms with Crippen LogP contribution in [0.15, 0.2) is 42.0 Å². The average molecular weight is 285 g/mol. The summed E-state index contributed by atoms with van der Waals surface area (Å²) in [5.74, 6) is 0.838. The van der Waals surface area contributed by atoms with Gasteiger partial charge in [-0.3, -0.25) is 5.10 Å². The molecule has 6 heteroatoms. The van der Waals surface area contributed by atoms with Crippen LogP contribution in [0.1, 0.15) is 23.8 Å². The Bertz CT molecular complexity index is 647. The Morgan fingerprint density at radius 2 is 2.15 bits per heavy atom. The molecule has 0 fully saturated rings. The first-order valence-electron chi connectivity index (χ1n) is 6.41. The summed E-state index contributed by atoms with van der Waals surface area (Å²) in [6.07, 6.45) is 1.52. The molecule has 0 aliphatic heterocycles. The average Bonchev–Trinajstić information content (AvgIpc) is 3.17. The Kier molecular flexibility index (Phi) is 3.85. The van der Waals surface area contributed by atoms with E-state index in [2.05, 4.69) is 43.0 Å². The van der Waals surface area contributed by atoms with Crippen LogP contribution in [0.5, 0.6) is 0 Å².